The summed E-state index contributed by atoms with van der Waals surface area (Å²) in [6, 6.07) is 16.0. The number of nitrogens with zero attached hydrogens (tertiary/aromatic N) is 2. The minimum atomic E-state index is -3.48. The van der Waals surface area contributed by atoms with Gasteiger partial charge in [0.25, 0.3) is 0 Å². The van der Waals surface area contributed by atoms with Crippen molar-refractivity contribution in [3.63, 3.8) is 0 Å². The van der Waals surface area contributed by atoms with Crippen LogP contribution in [0.5, 0.6) is 0 Å². The molecule has 0 fully saturated rings. The van der Waals surface area contributed by atoms with E-state index in [1.807, 2.05) is 37.3 Å². The second kappa shape index (κ2) is 10.9. The molecule has 1 N–H and O–H groups in total. The molecule has 7 nitrogen and oxygen atoms in total. The van der Waals surface area contributed by atoms with Crippen molar-refractivity contribution < 1.29 is 18.0 Å². The first-order chi connectivity index (χ1) is 14.6. The molecule has 0 aromatic heterocycles. The molecule has 0 aliphatic carbocycles. The summed E-state index contributed by atoms with van der Waals surface area (Å²) in [7, 11) is -1.94. The average Bonchev–Trinajstić information content (AvgIpc) is 2.74. The van der Waals surface area contributed by atoms with Gasteiger partial charge in [0.05, 0.1) is 11.9 Å². The van der Waals surface area contributed by atoms with Gasteiger partial charge < -0.3 is 10.2 Å². The van der Waals surface area contributed by atoms with Crippen LogP contribution in [0.15, 0.2) is 54.6 Å². The lowest BCUT2D eigenvalue weighted by molar-refractivity contribution is -0.140. The largest absolute Gasteiger partial charge is 0.357 e. The van der Waals surface area contributed by atoms with Crippen molar-refractivity contribution in [3.8, 4) is 0 Å². The van der Waals surface area contributed by atoms with Crippen LogP contribution in [0.1, 0.15) is 30.9 Å². The van der Waals surface area contributed by atoms with Crippen molar-refractivity contribution in [2.75, 3.05) is 24.2 Å². The molecule has 2 amide bonds. The minimum Gasteiger partial charge on any atom is -0.357 e. The summed E-state index contributed by atoms with van der Waals surface area (Å²) in [5.41, 5.74) is 2.60. The van der Waals surface area contributed by atoms with Crippen molar-refractivity contribution >= 4 is 27.5 Å². The number of carbonyl (C=O) groups is 2. The fourth-order valence-corrected chi connectivity index (χ4v) is 4.25. The van der Waals surface area contributed by atoms with Gasteiger partial charge in [-0.2, -0.15) is 0 Å². The molecule has 2 aromatic carbocycles. The standard InChI is InChI=1S/C23H31N3O4S/c1-18-12-14-20(15-13-18)17-25(19(2)23(28)24-3)22(27)11-8-16-26(31(4,29)30)21-9-6-5-7-10-21/h5-7,9-10,12-15,19H,8,11,16-17H2,1-4H3,(H,24,28). The number of anilines is 1. The van der Waals surface area contributed by atoms with Gasteiger partial charge >= 0.3 is 0 Å². The monoisotopic (exact) mass is 445 g/mol. The highest BCUT2D eigenvalue weighted by atomic mass is 32.2. The minimum absolute atomic E-state index is 0.131. The van der Waals surface area contributed by atoms with Crippen LogP contribution in [0.3, 0.4) is 0 Å². The molecule has 0 spiro atoms. The molecule has 0 heterocycles. The molecule has 1 unspecified atom stereocenters. The van der Waals surface area contributed by atoms with Crippen LogP contribution < -0.4 is 9.62 Å². The van der Waals surface area contributed by atoms with E-state index in [1.54, 1.807) is 31.2 Å². The molecule has 0 radical (unpaired) electrons. The highest BCUT2D eigenvalue weighted by Gasteiger charge is 2.26. The van der Waals surface area contributed by atoms with Crippen LogP contribution in [-0.4, -0.2) is 51.0 Å². The highest BCUT2D eigenvalue weighted by Crippen LogP contribution is 2.18. The van der Waals surface area contributed by atoms with Gasteiger partial charge in [-0.1, -0.05) is 48.0 Å². The molecule has 0 aliphatic heterocycles. The lowest BCUT2D eigenvalue weighted by atomic mass is 10.1. The number of carbonyl (C=O) groups excluding carboxylic acids is 2. The predicted octanol–water partition coefficient (Wildman–Crippen LogP) is 2.70. The number of hydrogen-bond donors (Lipinski definition) is 1. The molecule has 0 saturated carbocycles. The zero-order chi connectivity index (χ0) is 23.0. The predicted molar refractivity (Wildman–Crippen MR) is 123 cm³/mol. The Labute approximate surface area is 185 Å². The summed E-state index contributed by atoms with van der Waals surface area (Å²) in [4.78, 5) is 26.8. The second-order valence-corrected chi connectivity index (χ2v) is 9.48. The topological polar surface area (TPSA) is 86.8 Å². The third-order valence-corrected chi connectivity index (χ3v) is 6.28. The molecule has 31 heavy (non-hydrogen) atoms. The van der Waals surface area contributed by atoms with Gasteiger partial charge in [0.1, 0.15) is 6.04 Å². The maximum Gasteiger partial charge on any atom is 0.242 e. The summed E-state index contributed by atoms with van der Waals surface area (Å²) in [6.07, 6.45) is 1.62. The van der Waals surface area contributed by atoms with Crippen LogP contribution in [0.25, 0.3) is 0 Å². The quantitative estimate of drug-likeness (QED) is 0.609. The molecular weight excluding hydrogens is 414 g/mol. The number of para-hydroxylation sites is 1. The zero-order valence-electron chi connectivity index (χ0n) is 18.5. The third-order valence-electron chi connectivity index (χ3n) is 5.08. The molecule has 1 atom stereocenters. The van der Waals surface area contributed by atoms with Crippen LogP contribution in [0.2, 0.25) is 0 Å². The van der Waals surface area contributed by atoms with E-state index < -0.39 is 16.1 Å². The van der Waals surface area contributed by atoms with Crippen LogP contribution in [-0.2, 0) is 26.2 Å². The Morgan fingerprint density at radius 3 is 2.19 bits per heavy atom. The number of hydrogen-bond acceptors (Lipinski definition) is 4. The van der Waals surface area contributed by atoms with E-state index in [2.05, 4.69) is 5.32 Å². The molecule has 2 aromatic rings. The van der Waals surface area contributed by atoms with Gasteiger partial charge in [-0.15, -0.1) is 0 Å². The Kier molecular flexibility index (Phi) is 8.62. The number of nitrogens with one attached hydrogen (secondary N) is 1. The van der Waals surface area contributed by atoms with E-state index >= 15 is 0 Å². The van der Waals surface area contributed by atoms with Crippen molar-refractivity contribution in [2.45, 2.75) is 39.3 Å². The smallest absolute Gasteiger partial charge is 0.242 e. The van der Waals surface area contributed by atoms with E-state index in [1.165, 1.54) is 16.3 Å². The normalized spacial score (nSPS) is 12.1. The second-order valence-electron chi connectivity index (χ2n) is 7.57. The van der Waals surface area contributed by atoms with Gasteiger partial charge in [-0.25, -0.2) is 8.42 Å². The first-order valence-electron chi connectivity index (χ1n) is 10.2. The Hall–Kier alpha value is -2.87. The molecule has 0 aliphatic rings. The Bertz CT molecular complexity index is 976. The van der Waals surface area contributed by atoms with Gasteiger partial charge in [0, 0.05) is 26.6 Å². The first-order valence-corrected chi connectivity index (χ1v) is 12.1. The molecular formula is C23H31N3O4S. The van der Waals surface area contributed by atoms with Gasteiger partial charge in [0.2, 0.25) is 21.8 Å². The van der Waals surface area contributed by atoms with E-state index in [4.69, 9.17) is 0 Å². The van der Waals surface area contributed by atoms with Crippen molar-refractivity contribution in [2.24, 2.45) is 0 Å². The number of rotatable bonds is 10. The van der Waals surface area contributed by atoms with E-state index in [-0.39, 0.29) is 24.8 Å². The number of sulfonamides is 1. The third kappa shape index (κ3) is 7.10. The zero-order valence-corrected chi connectivity index (χ0v) is 19.4. The van der Waals surface area contributed by atoms with E-state index in [9.17, 15) is 18.0 Å². The molecule has 2 rings (SSSR count). The van der Waals surface area contributed by atoms with Crippen LogP contribution in [0, 0.1) is 6.92 Å². The number of aryl methyl sites for hydroxylation is 1. The lowest BCUT2D eigenvalue weighted by Gasteiger charge is -2.29. The number of likely N-dealkylation sites (N-methyl/N-ethyl adjacent to an activating group) is 1. The molecule has 0 saturated heterocycles. The Balaban J connectivity index is 2.11. The summed E-state index contributed by atoms with van der Waals surface area (Å²) in [6.45, 7) is 4.17. The highest BCUT2D eigenvalue weighted by molar-refractivity contribution is 7.92. The summed E-state index contributed by atoms with van der Waals surface area (Å²) in [5, 5.41) is 2.59. The Morgan fingerprint density at radius 2 is 1.65 bits per heavy atom. The van der Waals surface area contributed by atoms with E-state index in [0.29, 0.717) is 18.7 Å². The summed E-state index contributed by atoms with van der Waals surface area (Å²) in [5.74, 6) is -0.444. The number of benzene rings is 2. The van der Waals surface area contributed by atoms with Crippen LogP contribution in [0.4, 0.5) is 5.69 Å². The van der Waals surface area contributed by atoms with Crippen LogP contribution >= 0.6 is 0 Å². The van der Waals surface area contributed by atoms with E-state index in [0.717, 1.165) is 17.4 Å². The average molecular weight is 446 g/mol. The SMILES string of the molecule is CNC(=O)C(C)N(Cc1ccc(C)cc1)C(=O)CCCN(c1ccccc1)S(C)(=O)=O. The van der Waals surface area contributed by atoms with Gasteiger partial charge in [-0.3, -0.25) is 13.9 Å². The molecule has 0 bridgehead atoms. The van der Waals surface area contributed by atoms with Crippen molar-refractivity contribution in [3.05, 3.63) is 65.7 Å². The molecule has 8 heteroatoms. The first kappa shape index (κ1) is 24.4. The summed E-state index contributed by atoms with van der Waals surface area (Å²) >= 11 is 0. The lowest BCUT2D eigenvalue weighted by Crippen LogP contribution is -2.46. The fraction of sp³-hybridized carbons (Fsp3) is 0.391. The fourth-order valence-electron chi connectivity index (χ4n) is 3.28. The number of amides is 2. The van der Waals surface area contributed by atoms with Gasteiger partial charge in [0.15, 0.2) is 0 Å². The Morgan fingerprint density at radius 1 is 1.03 bits per heavy atom. The van der Waals surface area contributed by atoms with Crippen molar-refractivity contribution in [1.82, 2.24) is 10.2 Å². The maximum absolute atomic E-state index is 13.0. The molecule has 168 valence electrons. The van der Waals surface area contributed by atoms with Gasteiger partial charge in [-0.05, 0) is 38.0 Å². The van der Waals surface area contributed by atoms with Crippen molar-refractivity contribution in [1.29, 1.82) is 0 Å². The summed E-state index contributed by atoms with van der Waals surface area (Å²) < 4.78 is 25.7. The maximum atomic E-state index is 13.0.